The van der Waals surface area contributed by atoms with Crippen LogP contribution in [0.1, 0.15) is 29.9 Å². The lowest BCUT2D eigenvalue weighted by Crippen LogP contribution is -2.17. The van der Waals surface area contributed by atoms with Crippen LogP contribution in [-0.2, 0) is 16.1 Å². The van der Waals surface area contributed by atoms with Gasteiger partial charge in [-0.1, -0.05) is 42.5 Å². The summed E-state index contributed by atoms with van der Waals surface area (Å²) in [7, 11) is 0. The lowest BCUT2D eigenvalue weighted by atomic mass is 9.94. The van der Waals surface area contributed by atoms with E-state index in [1.165, 1.54) is 0 Å². The van der Waals surface area contributed by atoms with Crippen molar-refractivity contribution in [1.29, 1.82) is 0 Å². The molecule has 4 nitrogen and oxygen atoms in total. The van der Waals surface area contributed by atoms with Crippen LogP contribution >= 0.6 is 0 Å². The van der Waals surface area contributed by atoms with Crippen molar-refractivity contribution in [2.75, 3.05) is 6.54 Å². The summed E-state index contributed by atoms with van der Waals surface area (Å²) in [6, 6.07) is 16.2. The Hall–Kier alpha value is -2.33. The van der Waals surface area contributed by atoms with Crippen LogP contribution in [0.4, 0.5) is 0 Å². The van der Waals surface area contributed by atoms with Gasteiger partial charge in [0.25, 0.3) is 0 Å². The van der Waals surface area contributed by atoms with Gasteiger partial charge in [0.1, 0.15) is 12.4 Å². The molecule has 1 unspecified atom stereocenters. The van der Waals surface area contributed by atoms with Crippen molar-refractivity contribution in [3.8, 4) is 5.75 Å². The summed E-state index contributed by atoms with van der Waals surface area (Å²) in [5, 5.41) is 9.37. The Kier molecular flexibility index (Phi) is 5.98. The molecule has 0 amide bonds. The lowest BCUT2D eigenvalue weighted by Gasteiger charge is -2.16. The Morgan fingerprint density at radius 1 is 1.09 bits per heavy atom. The molecule has 0 aliphatic rings. The second-order valence-electron chi connectivity index (χ2n) is 5.17. The molecule has 0 spiro atoms. The molecule has 2 aromatic rings. The highest BCUT2D eigenvalue weighted by Crippen LogP contribution is 2.25. The molecule has 0 saturated heterocycles. The number of ether oxygens (including phenoxy) is 1. The Bertz CT molecular complexity index is 581. The molecule has 0 radical (unpaired) electrons. The Balaban J connectivity index is 2.04. The van der Waals surface area contributed by atoms with Crippen LogP contribution in [0.25, 0.3) is 0 Å². The van der Waals surface area contributed by atoms with Crippen LogP contribution < -0.4 is 5.73 Å². The fourth-order valence-corrected chi connectivity index (χ4v) is 2.28. The second kappa shape index (κ2) is 8.20. The third kappa shape index (κ3) is 4.60. The van der Waals surface area contributed by atoms with Gasteiger partial charge < -0.3 is 15.6 Å². The van der Waals surface area contributed by atoms with Gasteiger partial charge in [-0.25, -0.2) is 0 Å². The van der Waals surface area contributed by atoms with Gasteiger partial charge in [0.2, 0.25) is 0 Å². The maximum atomic E-state index is 12.4. The van der Waals surface area contributed by atoms with E-state index in [-0.39, 0.29) is 24.2 Å². The van der Waals surface area contributed by atoms with Crippen molar-refractivity contribution in [3.63, 3.8) is 0 Å². The van der Waals surface area contributed by atoms with E-state index in [1.54, 1.807) is 24.3 Å². The molecule has 2 aromatic carbocycles. The van der Waals surface area contributed by atoms with Gasteiger partial charge in [-0.3, -0.25) is 4.79 Å². The summed E-state index contributed by atoms with van der Waals surface area (Å²) in [5.74, 6) is -0.435. The topological polar surface area (TPSA) is 72.6 Å². The van der Waals surface area contributed by atoms with Gasteiger partial charge in [0.05, 0.1) is 5.92 Å². The van der Waals surface area contributed by atoms with Crippen LogP contribution in [-0.4, -0.2) is 17.6 Å². The van der Waals surface area contributed by atoms with Crippen LogP contribution in [0.3, 0.4) is 0 Å². The first-order valence-corrected chi connectivity index (χ1v) is 7.40. The third-order valence-electron chi connectivity index (χ3n) is 3.50. The van der Waals surface area contributed by atoms with E-state index < -0.39 is 0 Å². The van der Waals surface area contributed by atoms with Crippen molar-refractivity contribution >= 4 is 5.97 Å². The molecule has 4 heteroatoms. The zero-order valence-electron chi connectivity index (χ0n) is 12.4. The van der Waals surface area contributed by atoms with E-state index in [2.05, 4.69) is 0 Å². The summed E-state index contributed by atoms with van der Waals surface area (Å²) in [6.45, 7) is 0.789. The molecule has 0 saturated carbocycles. The van der Waals surface area contributed by atoms with E-state index in [1.807, 2.05) is 30.3 Å². The van der Waals surface area contributed by atoms with Crippen LogP contribution in [0.2, 0.25) is 0 Å². The minimum atomic E-state index is -0.354. The summed E-state index contributed by atoms with van der Waals surface area (Å²) in [4.78, 5) is 12.4. The first-order chi connectivity index (χ1) is 10.7. The first kappa shape index (κ1) is 16.0. The van der Waals surface area contributed by atoms with Crippen molar-refractivity contribution in [2.24, 2.45) is 5.73 Å². The summed E-state index contributed by atoms with van der Waals surface area (Å²) >= 11 is 0. The monoisotopic (exact) mass is 299 g/mol. The van der Waals surface area contributed by atoms with Gasteiger partial charge in [0, 0.05) is 0 Å². The molecule has 0 heterocycles. The average molecular weight is 299 g/mol. The van der Waals surface area contributed by atoms with E-state index in [0.29, 0.717) is 13.0 Å². The SMILES string of the molecule is NCCCC(C(=O)OCc1ccccc1)c1ccc(O)cc1. The summed E-state index contributed by atoms with van der Waals surface area (Å²) in [5.41, 5.74) is 7.35. The Morgan fingerprint density at radius 2 is 1.77 bits per heavy atom. The van der Waals surface area contributed by atoms with Crippen molar-refractivity contribution < 1.29 is 14.6 Å². The third-order valence-corrected chi connectivity index (χ3v) is 3.50. The molecule has 0 fully saturated rings. The van der Waals surface area contributed by atoms with Gasteiger partial charge in [-0.05, 0) is 42.6 Å². The van der Waals surface area contributed by atoms with Crippen LogP contribution in [0, 0.1) is 0 Å². The number of phenols is 1. The fourth-order valence-electron chi connectivity index (χ4n) is 2.28. The number of esters is 1. The molecular formula is C18H21NO3. The van der Waals surface area contributed by atoms with Crippen molar-refractivity contribution in [3.05, 3.63) is 65.7 Å². The van der Waals surface area contributed by atoms with Crippen LogP contribution in [0.5, 0.6) is 5.75 Å². The molecule has 2 rings (SSSR count). The van der Waals surface area contributed by atoms with E-state index in [0.717, 1.165) is 17.5 Å². The molecular weight excluding hydrogens is 278 g/mol. The number of nitrogens with two attached hydrogens (primary N) is 1. The van der Waals surface area contributed by atoms with Gasteiger partial charge in [-0.2, -0.15) is 0 Å². The smallest absolute Gasteiger partial charge is 0.313 e. The molecule has 116 valence electrons. The highest BCUT2D eigenvalue weighted by Gasteiger charge is 2.21. The molecule has 0 aliphatic heterocycles. The predicted octanol–water partition coefficient (Wildman–Crippen LogP) is 2.96. The first-order valence-electron chi connectivity index (χ1n) is 7.40. The normalized spacial score (nSPS) is 11.9. The average Bonchev–Trinajstić information content (AvgIpc) is 2.56. The predicted molar refractivity (Wildman–Crippen MR) is 85.4 cm³/mol. The minimum Gasteiger partial charge on any atom is -0.508 e. The molecule has 0 aromatic heterocycles. The number of hydrogen-bond donors (Lipinski definition) is 2. The van der Waals surface area contributed by atoms with E-state index in [4.69, 9.17) is 10.5 Å². The maximum absolute atomic E-state index is 12.4. The van der Waals surface area contributed by atoms with Gasteiger partial charge in [0.15, 0.2) is 0 Å². The standard InChI is InChI=1S/C18H21NO3/c19-12-4-7-17(15-8-10-16(20)11-9-15)18(21)22-13-14-5-2-1-3-6-14/h1-3,5-6,8-11,17,20H,4,7,12-13,19H2. The Labute approximate surface area is 130 Å². The number of rotatable bonds is 7. The molecule has 0 bridgehead atoms. The van der Waals surface area contributed by atoms with Gasteiger partial charge in [-0.15, -0.1) is 0 Å². The summed E-state index contributed by atoms with van der Waals surface area (Å²) in [6.07, 6.45) is 1.38. The number of phenolic OH excluding ortho intramolecular Hbond substituents is 1. The molecule has 0 aliphatic carbocycles. The zero-order chi connectivity index (χ0) is 15.8. The zero-order valence-corrected chi connectivity index (χ0v) is 12.4. The molecule has 1 atom stereocenters. The molecule has 3 N–H and O–H groups in total. The number of hydrogen-bond acceptors (Lipinski definition) is 4. The minimum absolute atomic E-state index is 0.180. The highest BCUT2D eigenvalue weighted by atomic mass is 16.5. The fraction of sp³-hybridized carbons (Fsp3) is 0.278. The number of carbonyl (C=O) groups excluding carboxylic acids is 1. The Morgan fingerprint density at radius 3 is 2.41 bits per heavy atom. The number of benzene rings is 2. The largest absolute Gasteiger partial charge is 0.508 e. The molecule has 22 heavy (non-hydrogen) atoms. The van der Waals surface area contributed by atoms with Gasteiger partial charge >= 0.3 is 5.97 Å². The van der Waals surface area contributed by atoms with E-state index in [9.17, 15) is 9.90 Å². The quantitative estimate of drug-likeness (QED) is 0.771. The second-order valence-corrected chi connectivity index (χ2v) is 5.17. The van der Waals surface area contributed by atoms with Crippen molar-refractivity contribution in [2.45, 2.75) is 25.4 Å². The van der Waals surface area contributed by atoms with E-state index >= 15 is 0 Å². The van der Waals surface area contributed by atoms with Crippen molar-refractivity contribution in [1.82, 2.24) is 0 Å². The number of carbonyl (C=O) groups is 1. The maximum Gasteiger partial charge on any atom is 0.313 e. The summed E-state index contributed by atoms with van der Waals surface area (Å²) < 4.78 is 5.43. The lowest BCUT2D eigenvalue weighted by molar-refractivity contribution is -0.147. The number of aromatic hydroxyl groups is 1. The van der Waals surface area contributed by atoms with Crippen LogP contribution in [0.15, 0.2) is 54.6 Å². The highest BCUT2D eigenvalue weighted by molar-refractivity contribution is 5.78.